The summed E-state index contributed by atoms with van der Waals surface area (Å²) >= 11 is 0. The first kappa shape index (κ1) is 24.8. The molecule has 33 heavy (non-hydrogen) atoms. The van der Waals surface area contributed by atoms with Gasteiger partial charge in [0.2, 0.25) is 10.0 Å². The lowest BCUT2D eigenvalue weighted by Gasteiger charge is -2.30. The molecule has 2 N–H and O–H groups in total. The van der Waals surface area contributed by atoms with E-state index < -0.39 is 38.8 Å². The molecule has 0 atom stereocenters. The summed E-state index contributed by atoms with van der Waals surface area (Å²) in [6, 6.07) is 9.06. The van der Waals surface area contributed by atoms with Crippen LogP contribution in [0.15, 0.2) is 47.4 Å². The number of carboxylic acid groups (broad SMARTS) is 1. The molecule has 1 aliphatic heterocycles. The molecule has 1 heterocycles. The van der Waals surface area contributed by atoms with E-state index >= 15 is 0 Å². The van der Waals surface area contributed by atoms with Gasteiger partial charge in [-0.1, -0.05) is 31.2 Å². The third-order valence-electron chi connectivity index (χ3n) is 5.32. The fraction of sp³-hybridized carbons (Fsp3) is 0.409. The number of sulfonamides is 1. The summed E-state index contributed by atoms with van der Waals surface area (Å²) < 4.78 is 75.4. The van der Waals surface area contributed by atoms with Gasteiger partial charge in [-0.3, -0.25) is 0 Å². The monoisotopic (exact) mass is 486 g/mol. The van der Waals surface area contributed by atoms with E-state index in [1.54, 1.807) is 24.3 Å². The highest BCUT2D eigenvalue weighted by Crippen LogP contribution is 2.39. The topological polar surface area (TPSA) is 95.9 Å². The van der Waals surface area contributed by atoms with Gasteiger partial charge in [0.1, 0.15) is 5.75 Å². The predicted octanol–water partition coefficient (Wildman–Crippen LogP) is 4.58. The van der Waals surface area contributed by atoms with E-state index in [4.69, 9.17) is 9.84 Å². The fourth-order valence-corrected chi connectivity index (χ4v) is 5.18. The molecule has 0 saturated carbocycles. The van der Waals surface area contributed by atoms with E-state index in [0.29, 0.717) is 17.9 Å². The van der Waals surface area contributed by atoms with E-state index in [1.807, 2.05) is 6.92 Å². The number of nitrogens with one attached hydrogen (secondary N) is 1. The van der Waals surface area contributed by atoms with Crippen molar-refractivity contribution in [2.75, 3.05) is 19.7 Å². The van der Waals surface area contributed by atoms with Crippen LogP contribution >= 0.6 is 0 Å². The second-order valence-corrected chi connectivity index (χ2v) is 9.40. The van der Waals surface area contributed by atoms with Crippen LogP contribution in [0.5, 0.6) is 5.75 Å². The van der Waals surface area contributed by atoms with Crippen LogP contribution in [-0.4, -0.2) is 50.3 Å². The van der Waals surface area contributed by atoms with E-state index in [0.717, 1.165) is 23.5 Å². The van der Waals surface area contributed by atoms with Gasteiger partial charge in [-0.05, 0) is 43.0 Å². The van der Waals surface area contributed by atoms with Gasteiger partial charge >= 0.3 is 12.3 Å². The Bertz CT molecular complexity index is 1100. The fourth-order valence-electron chi connectivity index (χ4n) is 3.67. The summed E-state index contributed by atoms with van der Waals surface area (Å²) in [7, 11) is -4.50. The molecule has 3 rings (SSSR count). The van der Waals surface area contributed by atoms with Crippen LogP contribution in [0.4, 0.5) is 18.0 Å². The molecular weight excluding hydrogens is 461 g/mol. The third kappa shape index (κ3) is 5.97. The number of ether oxygens (including phenoxy) is 1. The van der Waals surface area contributed by atoms with Crippen LogP contribution in [0.3, 0.4) is 0 Å². The second kappa shape index (κ2) is 10.0. The van der Waals surface area contributed by atoms with Crippen molar-refractivity contribution in [3.63, 3.8) is 0 Å². The number of para-hydroxylation sites is 1. The zero-order valence-electron chi connectivity index (χ0n) is 17.9. The van der Waals surface area contributed by atoms with Crippen LogP contribution < -0.4 is 9.46 Å². The van der Waals surface area contributed by atoms with Crippen molar-refractivity contribution in [2.24, 2.45) is 0 Å². The van der Waals surface area contributed by atoms with Gasteiger partial charge in [-0.25, -0.2) is 17.9 Å². The van der Waals surface area contributed by atoms with Crippen LogP contribution in [0.25, 0.3) is 11.1 Å². The van der Waals surface area contributed by atoms with Crippen molar-refractivity contribution >= 4 is 16.1 Å². The Kier molecular flexibility index (Phi) is 7.53. The number of halogens is 3. The number of piperidine rings is 1. The highest BCUT2D eigenvalue weighted by atomic mass is 32.2. The Morgan fingerprint density at radius 2 is 1.85 bits per heavy atom. The van der Waals surface area contributed by atoms with E-state index in [9.17, 15) is 26.4 Å². The Morgan fingerprint density at radius 1 is 1.18 bits per heavy atom. The van der Waals surface area contributed by atoms with E-state index in [2.05, 4.69) is 4.72 Å². The summed E-state index contributed by atoms with van der Waals surface area (Å²) in [5, 5.41) is 9.00. The number of rotatable bonds is 7. The first-order chi connectivity index (χ1) is 15.5. The van der Waals surface area contributed by atoms with Crippen LogP contribution in [0, 0.1) is 0 Å². The molecule has 1 amide bonds. The van der Waals surface area contributed by atoms with Gasteiger partial charge < -0.3 is 14.7 Å². The lowest BCUT2D eigenvalue weighted by molar-refractivity contribution is -0.139. The van der Waals surface area contributed by atoms with Crippen molar-refractivity contribution in [3.8, 4) is 16.9 Å². The van der Waals surface area contributed by atoms with Crippen molar-refractivity contribution in [3.05, 3.63) is 48.0 Å². The van der Waals surface area contributed by atoms with E-state index in [1.165, 1.54) is 6.07 Å². The van der Waals surface area contributed by atoms with Gasteiger partial charge in [-0.2, -0.15) is 13.2 Å². The molecule has 1 aliphatic rings. The molecule has 0 aromatic heterocycles. The maximum absolute atomic E-state index is 13.9. The van der Waals surface area contributed by atoms with Gasteiger partial charge in [0.05, 0.1) is 17.1 Å². The number of amides is 1. The molecule has 0 spiro atoms. The van der Waals surface area contributed by atoms with Crippen molar-refractivity contribution in [1.29, 1.82) is 0 Å². The molecule has 2 aromatic rings. The quantitative estimate of drug-likeness (QED) is 0.597. The summed E-state index contributed by atoms with van der Waals surface area (Å²) in [5.41, 5.74) is -0.669. The average molecular weight is 487 g/mol. The molecule has 7 nitrogen and oxygen atoms in total. The Labute approximate surface area is 190 Å². The highest BCUT2D eigenvalue weighted by molar-refractivity contribution is 7.89. The maximum Gasteiger partial charge on any atom is 0.417 e. The van der Waals surface area contributed by atoms with Crippen LogP contribution in [0.1, 0.15) is 31.7 Å². The van der Waals surface area contributed by atoms with Crippen LogP contribution in [-0.2, 0) is 16.2 Å². The highest BCUT2D eigenvalue weighted by Gasteiger charge is 2.38. The number of carbonyl (C=O) groups is 1. The van der Waals surface area contributed by atoms with Gasteiger partial charge in [0.25, 0.3) is 0 Å². The minimum Gasteiger partial charge on any atom is -0.493 e. The van der Waals surface area contributed by atoms with E-state index in [-0.39, 0.29) is 31.5 Å². The number of nitrogens with zero attached hydrogens (tertiary/aromatic N) is 1. The second-order valence-electron chi connectivity index (χ2n) is 7.72. The minimum absolute atomic E-state index is 0.0993. The summed E-state index contributed by atoms with van der Waals surface area (Å²) in [6.45, 7) is 2.49. The molecule has 1 saturated heterocycles. The lowest BCUT2D eigenvalue weighted by Crippen LogP contribution is -2.46. The molecule has 0 aliphatic carbocycles. The standard InChI is InChI=1S/C22H25F3N2O5S/c1-2-13-32-19-6-4-3-5-17(19)15-7-8-20(18(14-15)22(23,24)25)33(30,31)26-16-9-11-27(12-10-16)21(28)29/h3-8,14,16,26H,2,9-13H2,1H3,(H,28,29). The average Bonchev–Trinajstić information content (AvgIpc) is 2.77. The molecule has 0 bridgehead atoms. The molecule has 0 radical (unpaired) electrons. The van der Waals surface area contributed by atoms with Crippen molar-refractivity contribution in [1.82, 2.24) is 9.62 Å². The zero-order chi connectivity index (χ0) is 24.2. The zero-order valence-corrected chi connectivity index (χ0v) is 18.7. The summed E-state index contributed by atoms with van der Waals surface area (Å²) in [4.78, 5) is 11.3. The van der Waals surface area contributed by atoms with Crippen molar-refractivity contribution < 1.29 is 36.2 Å². The molecule has 11 heteroatoms. The number of hydrogen-bond donors (Lipinski definition) is 2. The first-order valence-electron chi connectivity index (χ1n) is 10.5. The molecule has 2 aromatic carbocycles. The normalized spacial score (nSPS) is 15.5. The largest absolute Gasteiger partial charge is 0.493 e. The SMILES string of the molecule is CCCOc1ccccc1-c1ccc(S(=O)(=O)NC2CCN(C(=O)O)CC2)c(C(F)(F)F)c1. The van der Waals surface area contributed by atoms with Crippen molar-refractivity contribution in [2.45, 2.75) is 43.3 Å². The molecule has 0 unspecified atom stereocenters. The van der Waals surface area contributed by atoms with Gasteiger partial charge in [-0.15, -0.1) is 0 Å². The first-order valence-corrected chi connectivity index (χ1v) is 11.9. The Balaban J connectivity index is 1.93. The van der Waals surface area contributed by atoms with Gasteiger partial charge in [0, 0.05) is 24.7 Å². The third-order valence-corrected chi connectivity index (χ3v) is 6.90. The Hall–Kier alpha value is -2.79. The smallest absolute Gasteiger partial charge is 0.417 e. The number of likely N-dealkylation sites (tertiary alicyclic amines) is 1. The van der Waals surface area contributed by atoms with Gasteiger partial charge in [0.15, 0.2) is 0 Å². The number of benzene rings is 2. The minimum atomic E-state index is -4.91. The summed E-state index contributed by atoms with van der Waals surface area (Å²) in [5.74, 6) is 0.409. The number of hydrogen-bond acceptors (Lipinski definition) is 4. The lowest BCUT2D eigenvalue weighted by atomic mass is 10.0. The summed E-state index contributed by atoms with van der Waals surface area (Å²) in [6.07, 6.45) is -4.96. The van der Waals surface area contributed by atoms with Crippen LogP contribution in [0.2, 0.25) is 0 Å². The predicted molar refractivity (Wildman–Crippen MR) is 116 cm³/mol. The molecule has 1 fully saturated rings. The molecule has 180 valence electrons. The molecular formula is C22H25F3N2O5S. The maximum atomic E-state index is 13.9. The number of alkyl halides is 3. The Morgan fingerprint density at radius 3 is 2.45 bits per heavy atom.